The van der Waals surface area contributed by atoms with Gasteiger partial charge in [-0.25, -0.2) is 4.79 Å². The second-order valence-electron chi connectivity index (χ2n) is 5.72. The van der Waals surface area contributed by atoms with Gasteiger partial charge < -0.3 is 15.4 Å². The predicted molar refractivity (Wildman–Crippen MR) is 102 cm³/mol. The number of carbonyl (C=O) groups is 3. The van der Waals surface area contributed by atoms with E-state index in [9.17, 15) is 24.5 Å². The molecular formula is C18H16ClN3O6. The van der Waals surface area contributed by atoms with Crippen molar-refractivity contribution in [1.82, 2.24) is 0 Å². The van der Waals surface area contributed by atoms with E-state index in [-0.39, 0.29) is 22.2 Å². The Balaban J connectivity index is 2.02. The molecule has 0 fully saturated rings. The number of hydrogen-bond donors (Lipinski definition) is 2. The van der Waals surface area contributed by atoms with E-state index in [2.05, 4.69) is 10.6 Å². The van der Waals surface area contributed by atoms with E-state index in [0.717, 1.165) is 12.1 Å². The number of hydrogen-bond acceptors (Lipinski definition) is 6. The van der Waals surface area contributed by atoms with Crippen molar-refractivity contribution in [2.45, 2.75) is 20.0 Å². The first kappa shape index (κ1) is 20.8. The number of nitrogens with one attached hydrogen (secondary N) is 2. The van der Waals surface area contributed by atoms with E-state index in [1.54, 1.807) is 24.3 Å². The largest absolute Gasteiger partial charge is 0.449 e. The summed E-state index contributed by atoms with van der Waals surface area (Å²) in [7, 11) is 0. The van der Waals surface area contributed by atoms with Crippen molar-refractivity contribution in [3.63, 3.8) is 0 Å². The molecule has 28 heavy (non-hydrogen) atoms. The molecule has 2 N–H and O–H groups in total. The summed E-state index contributed by atoms with van der Waals surface area (Å²) in [6.45, 7) is 2.73. The summed E-state index contributed by atoms with van der Waals surface area (Å²) in [5, 5.41) is 15.9. The summed E-state index contributed by atoms with van der Waals surface area (Å²) >= 11 is 5.89. The number of amides is 2. The van der Waals surface area contributed by atoms with Crippen LogP contribution in [0.15, 0.2) is 42.5 Å². The molecule has 146 valence electrons. The van der Waals surface area contributed by atoms with Crippen molar-refractivity contribution in [1.29, 1.82) is 0 Å². The third-order valence-electron chi connectivity index (χ3n) is 3.51. The van der Waals surface area contributed by atoms with Crippen LogP contribution in [0.25, 0.3) is 0 Å². The molecule has 1 atom stereocenters. The number of carbonyl (C=O) groups excluding carboxylic acids is 3. The monoisotopic (exact) mass is 405 g/mol. The van der Waals surface area contributed by atoms with Crippen LogP contribution in [0.1, 0.15) is 24.2 Å². The van der Waals surface area contributed by atoms with Crippen LogP contribution in [-0.2, 0) is 14.3 Å². The molecule has 0 aliphatic heterocycles. The average Bonchev–Trinajstić information content (AvgIpc) is 2.62. The van der Waals surface area contributed by atoms with Gasteiger partial charge in [0, 0.05) is 30.4 Å². The highest BCUT2D eigenvalue weighted by Crippen LogP contribution is 2.23. The maximum absolute atomic E-state index is 12.2. The van der Waals surface area contributed by atoms with Gasteiger partial charge in [-0.15, -0.1) is 0 Å². The smallest absolute Gasteiger partial charge is 0.340 e. The second-order valence-corrected chi connectivity index (χ2v) is 6.12. The Bertz CT molecular complexity index is 929. The third-order valence-corrected chi connectivity index (χ3v) is 3.84. The number of ether oxygens (including phenoxy) is 1. The van der Waals surface area contributed by atoms with Gasteiger partial charge in [0.25, 0.3) is 11.6 Å². The van der Waals surface area contributed by atoms with E-state index in [4.69, 9.17) is 16.3 Å². The van der Waals surface area contributed by atoms with Crippen LogP contribution in [0.5, 0.6) is 0 Å². The summed E-state index contributed by atoms with van der Waals surface area (Å²) < 4.78 is 5.05. The molecule has 0 heterocycles. The molecule has 2 aromatic rings. The minimum Gasteiger partial charge on any atom is -0.449 e. The molecule has 0 radical (unpaired) electrons. The average molecular weight is 406 g/mol. The maximum Gasteiger partial charge on any atom is 0.340 e. The SMILES string of the molecule is CC(=O)Nc1ccc(NC(=O)[C@H](C)OC(=O)c2cc([N+](=O)[O-])ccc2Cl)cc1. The molecule has 0 unspecified atom stereocenters. The first-order valence-corrected chi connectivity index (χ1v) is 8.38. The number of non-ortho nitro benzene ring substituents is 1. The van der Waals surface area contributed by atoms with E-state index >= 15 is 0 Å². The lowest BCUT2D eigenvalue weighted by atomic mass is 10.2. The minimum atomic E-state index is -1.18. The van der Waals surface area contributed by atoms with Crippen molar-refractivity contribution in [2.75, 3.05) is 10.6 Å². The Kier molecular flexibility index (Phi) is 6.67. The third kappa shape index (κ3) is 5.52. The molecule has 10 heteroatoms. The number of rotatable bonds is 6. The molecule has 2 amide bonds. The molecule has 2 rings (SSSR count). The topological polar surface area (TPSA) is 128 Å². The summed E-state index contributed by atoms with van der Waals surface area (Å²) in [4.78, 5) is 45.6. The number of nitrogens with zero attached hydrogens (tertiary/aromatic N) is 1. The van der Waals surface area contributed by atoms with Gasteiger partial charge >= 0.3 is 5.97 Å². The molecule has 0 bridgehead atoms. The van der Waals surface area contributed by atoms with Crippen LogP contribution < -0.4 is 10.6 Å². The van der Waals surface area contributed by atoms with Gasteiger partial charge in [0.1, 0.15) is 0 Å². The van der Waals surface area contributed by atoms with Crippen LogP contribution in [0.3, 0.4) is 0 Å². The van der Waals surface area contributed by atoms with Crippen LogP contribution in [0.4, 0.5) is 17.1 Å². The summed E-state index contributed by atoms with van der Waals surface area (Å²) in [6, 6.07) is 9.66. The lowest BCUT2D eigenvalue weighted by Gasteiger charge is -2.14. The second kappa shape index (κ2) is 8.96. The van der Waals surface area contributed by atoms with Crippen molar-refractivity contribution >= 4 is 46.4 Å². The zero-order valence-electron chi connectivity index (χ0n) is 14.9. The predicted octanol–water partition coefficient (Wildman–Crippen LogP) is 3.39. The highest BCUT2D eigenvalue weighted by Gasteiger charge is 2.22. The van der Waals surface area contributed by atoms with E-state index in [1.807, 2.05) is 0 Å². The van der Waals surface area contributed by atoms with Gasteiger partial charge in [-0.05, 0) is 37.3 Å². The quantitative estimate of drug-likeness (QED) is 0.430. The Morgan fingerprint density at radius 2 is 1.64 bits per heavy atom. The van der Waals surface area contributed by atoms with Crippen LogP contribution in [0.2, 0.25) is 5.02 Å². The number of nitro benzene ring substituents is 1. The molecule has 0 saturated heterocycles. The lowest BCUT2D eigenvalue weighted by Crippen LogP contribution is -2.30. The van der Waals surface area contributed by atoms with Gasteiger partial charge in [0.05, 0.1) is 15.5 Å². The lowest BCUT2D eigenvalue weighted by molar-refractivity contribution is -0.384. The fourth-order valence-electron chi connectivity index (χ4n) is 2.14. The molecule has 2 aromatic carbocycles. The highest BCUT2D eigenvalue weighted by atomic mass is 35.5. The first-order chi connectivity index (χ1) is 13.2. The van der Waals surface area contributed by atoms with Crippen molar-refractivity contribution < 1.29 is 24.0 Å². The summed E-state index contributed by atoms with van der Waals surface area (Å²) in [6.07, 6.45) is -1.18. The Morgan fingerprint density at radius 1 is 1.07 bits per heavy atom. The van der Waals surface area contributed by atoms with Gasteiger partial charge in [-0.2, -0.15) is 0 Å². The fourth-order valence-corrected chi connectivity index (χ4v) is 2.34. The van der Waals surface area contributed by atoms with Gasteiger partial charge in [0.15, 0.2) is 6.10 Å². The van der Waals surface area contributed by atoms with Gasteiger partial charge in [-0.1, -0.05) is 11.6 Å². The molecule has 0 aromatic heterocycles. The number of anilines is 2. The maximum atomic E-state index is 12.2. The van der Waals surface area contributed by atoms with Crippen molar-refractivity contribution in [3.05, 3.63) is 63.2 Å². The van der Waals surface area contributed by atoms with Crippen LogP contribution in [0, 0.1) is 10.1 Å². The van der Waals surface area contributed by atoms with E-state index < -0.39 is 22.9 Å². The van der Waals surface area contributed by atoms with Crippen LogP contribution >= 0.6 is 11.6 Å². The summed E-state index contributed by atoms with van der Waals surface area (Å²) in [5.74, 6) is -1.79. The fraction of sp³-hybridized carbons (Fsp3) is 0.167. The molecule has 9 nitrogen and oxygen atoms in total. The molecule has 0 saturated carbocycles. The minimum absolute atomic E-state index is 0.0308. The van der Waals surface area contributed by atoms with Crippen molar-refractivity contribution in [2.24, 2.45) is 0 Å². The van der Waals surface area contributed by atoms with E-state index in [1.165, 1.54) is 19.9 Å². The number of nitro groups is 1. The van der Waals surface area contributed by atoms with Gasteiger partial charge in [0.2, 0.25) is 5.91 Å². The molecule has 0 spiro atoms. The molecule has 0 aliphatic rings. The standard InChI is InChI=1S/C18H16ClN3O6/c1-10(17(24)21-13-5-3-12(4-6-13)20-11(2)23)28-18(25)15-9-14(22(26)27)7-8-16(15)19/h3-10H,1-2H3,(H,20,23)(H,21,24)/t10-/m0/s1. The Labute approximate surface area is 164 Å². The first-order valence-electron chi connectivity index (χ1n) is 8.01. The zero-order valence-corrected chi connectivity index (χ0v) is 15.6. The van der Waals surface area contributed by atoms with Gasteiger partial charge in [-0.3, -0.25) is 19.7 Å². The zero-order chi connectivity index (χ0) is 20.8. The summed E-state index contributed by atoms with van der Waals surface area (Å²) in [5.41, 5.74) is 0.448. The van der Waals surface area contributed by atoms with E-state index in [0.29, 0.717) is 11.4 Å². The number of benzene rings is 2. The van der Waals surface area contributed by atoms with Crippen LogP contribution in [-0.4, -0.2) is 28.8 Å². The molecular weight excluding hydrogens is 390 g/mol. The Hall–Kier alpha value is -3.46. The Morgan fingerprint density at radius 3 is 2.18 bits per heavy atom. The molecule has 0 aliphatic carbocycles. The number of halogens is 1. The number of esters is 1. The highest BCUT2D eigenvalue weighted by molar-refractivity contribution is 6.33. The normalized spacial score (nSPS) is 11.2. The van der Waals surface area contributed by atoms with Crippen molar-refractivity contribution in [3.8, 4) is 0 Å².